The highest BCUT2D eigenvalue weighted by molar-refractivity contribution is 6.00. The van der Waals surface area contributed by atoms with E-state index >= 15 is 0 Å². The number of nitrogens with one attached hydrogen (secondary N) is 1. The van der Waals surface area contributed by atoms with Gasteiger partial charge in [0.25, 0.3) is 0 Å². The standard InChI is InChI=1S/C20H14FN/c21-16-10-11-20-18(13-16)17(14-6-2-1-3-7-14)12-15-8-4-5-9-19(15)22-20/h1-13,22H. The topological polar surface area (TPSA) is 12.0 Å². The van der Waals surface area contributed by atoms with Crippen LogP contribution in [0, 0.1) is 5.82 Å². The van der Waals surface area contributed by atoms with Crippen LogP contribution in [0.5, 0.6) is 0 Å². The lowest BCUT2D eigenvalue weighted by molar-refractivity contribution is 0.627. The number of anilines is 2. The Balaban J connectivity index is 2.01. The van der Waals surface area contributed by atoms with Crippen LogP contribution >= 0.6 is 0 Å². The molecule has 0 amide bonds. The number of halogens is 1. The molecule has 106 valence electrons. The molecule has 1 N–H and O–H groups in total. The Morgan fingerprint density at radius 2 is 1.50 bits per heavy atom. The van der Waals surface area contributed by atoms with Gasteiger partial charge in [-0.15, -0.1) is 0 Å². The van der Waals surface area contributed by atoms with E-state index in [1.165, 1.54) is 6.07 Å². The Labute approximate surface area is 128 Å². The third-order valence-electron chi connectivity index (χ3n) is 3.89. The molecule has 1 aliphatic rings. The van der Waals surface area contributed by atoms with Crippen molar-refractivity contribution in [2.24, 2.45) is 0 Å². The second kappa shape index (κ2) is 5.15. The van der Waals surface area contributed by atoms with Crippen LogP contribution in [-0.4, -0.2) is 0 Å². The van der Waals surface area contributed by atoms with Crippen molar-refractivity contribution in [3.63, 3.8) is 0 Å². The number of fused-ring (bicyclic) bond motifs is 2. The quantitative estimate of drug-likeness (QED) is 0.489. The number of rotatable bonds is 1. The second-order valence-electron chi connectivity index (χ2n) is 5.33. The lowest BCUT2D eigenvalue weighted by Gasteiger charge is -2.12. The average molecular weight is 287 g/mol. The molecule has 0 radical (unpaired) electrons. The monoisotopic (exact) mass is 287 g/mol. The third kappa shape index (κ3) is 2.19. The lowest BCUT2D eigenvalue weighted by atomic mass is 9.95. The largest absolute Gasteiger partial charge is 0.355 e. The van der Waals surface area contributed by atoms with Gasteiger partial charge in [0.2, 0.25) is 0 Å². The van der Waals surface area contributed by atoms with Gasteiger partial charge in [0.1, 0.15) is 5.82 Å². The highest BCUT2D eigenvalue weighted by atomic mass is 19.1. The summed E-state index contributed by atoms with van der Waals surface area (Å²) in [5.74, 6) is -0.228. The molecular weight excluding hydrogens is 273 g/mol. The van der Waals surface area contributed by atoms with E-state index in [0.29, 0.717) is 0 Å². The maximum atomic E-state index is 13.8. The van der Waals surface area contributed by atoms with Crippen LogP contribution in [0.1, 0.15) is 16.7 Å². The molecule has 1 heterocycles. The molecule has 0 bridgehead atoms. The van der Waals surface area contributed by atoms with Crippen LogP contribution in [0.15, 0.2) is 72.8 Å². The minimum atomic E-state index is -0.228. The zero-order valence-electron chi connectivity index (χ0n) is 11.9. The zero-order valence-corrected chi connectivity index (χ0v) is 11.9. The van der Waals surface area contributed by atoms with Crippen molar-refractivity contribution in [3.8, 4) is 0 Å². The minimum absolute atomic E-state index is 0.228. The molecule has 0 saturated heterocycles. The summed E-state index contributed by atoms with van der Waals surface area (Å²) in [4.78, 5) is 0. The molecule has 0 fully saturated rings. The van der Waals surface area contributed by atoms with Gasteiger partial charge in [-0.2, -0.15) is 0 Å². The molecule has 0 aliphatic carbocycles. The summed E-state index contributed by atoms with van der Waals surface area (Å²) >= 11 is 0. The lowest BCUT2D eigenvalue weighted by Crippen LogP contribution is -1.95. The van der Waals surface area contributed by atoms with Gasteiger partial charge in [-0.25, -0.2) is 4.39 Å². The molecule has 1 aliphatic heterocycles. The predicted octanol–water partition coefficient (Wildman–Crippen LogP) is 5.47. The maximum absolute atomic E-state index is 13.8. The van der Waals surface area contributed by atoms with Crippen molar-refractivity contribution in [2.45, 2.75) is 0 Å². The number of hydrogen-bond donors (Lipinski definition) is 1. The summed E-state index contributed by atoms with van der Waals surface area (Å²) in [5.41, 5.74) is 6.02. The van der Waals surface area contributed by atoms with E-state index in [0.717, 1.165) is 33.6 Å². The van der Waals surface area contributed by atoms with Gasteiger partial charge in [-0.3, -0.25) is 0 Å². The van der Waals surface area contributed by atoms with Gasteiger partial charge in [0.05, 0.1) is 0 Å². The minimum Gasteiger partial charge on any atom is -0.355 e. The first-order valence-electron chi connectivity index (χ1n) is 7.24. The summed E-state index contributed by atoms with van der Waals surface area (Å²) < 4.78 is 13.8. The Morgan fingerprint density at radius 3 is 2.36 bits per heavy atom. The third-order valence-corrected chi connectivity index (χ3v) is 3.89. The number of para-hydroxylation sites is 1. The number of hydrogen-bond acceptors (Lipinski definition) is 1. The van der Waals surface area contributed by atoms with E-state index in [1.807, 2.05) is 36.4 Å². The molecule has 0 saturated carbocycles. The average Bonchev–Trinajstić information content (AvgIpc) is 2.72. The molecule has 4 rings (SSSR count). The SMILES string of the molecule is Fc1ccc2c(c1)C(c1ccccc1)=Cc1ccccc1N2. The van der Waals surface area contributed by atoms with Crippen LogP contribution < -0.4 is 5.32 Å². The normalized spacial score (nSPS) is 12.5. The van der Waals surface area contributed by atoms with E-state index in [1.54, 1.807) is 12.1 Å². The molecule has 0 aromatic heterocycles. The van der Waals surface area contributed by atoms with E-state index in [-0.39, 0.29) is 5.82 Å². The summed E-state index contributed by atoms with van der Waals surface area (Å²) in [6.45, 7) is 0. The Bertz CT molecular complexity index is 866. The van der Waals surface area contributed by atoms with Crippen molar-refractivity contribution in [2.75, 3.05) is 5.32 Å². The van der Waals surface area contributed by atoms with Crippen molar-refractivity contribution >= 4 is 23.0 Å². The molecule has 2 heteroatoms. The fourth-order valence-electron chi connectivity index (χ4n) is 2.82. The summed E-state index contributed by atoms with van der Waals surface area (Å²) in [6, 6.07) is 23.1. The first-order valence-corrected chi connectivity index (χ1v) is 7.24. The molecular formula is C20H14FN. The Hall–Kier alpha value is -2.87. The van der Waals surface area contributed by atoms with Crippen LogP contribution in [0.25, 0.3) is 11.6 Å². The molecule has 1 nitrogen and oxygen atoms in total. The van der Waals surface area contributed by atoms with Gasteiger partial charge in [0.15, 0.2) is 0 Å². The van der Waals surface area contributed by atoms with Crippen LogP contribution in [0.4, 0.5) is 15.8 Å². The Morgan fingerprint density at radius 1 is 0.727 bits per heavy atom. The molecule has 0 unspecified atom stereocenters. The Kier molecular flexibility index (Phi) is 3.01. The fraction of sp³-hybridized carbons (Fsp3) is 0. The van der Waals surface area contributed by atoms with Crippen LogP contribution in [0.2, 0.25) is 0 Å². The van der Waals surface area contributed by atoms with Gasteiger partial charge in [-0.05, 0) is 47.0 Å². The number of benzene rings is 3. The van der Waals surface area contributed by atoms with E-state index in [2.05, 4.69) is 29.6 Å². The molecule has 0 spiro atoms. The van der Waals surface area contributed by atoms with Crippen molar-refractivity contribution in [1.29, 1.82) is 0 Å². The van der Waals surface area contributed by atoms with E-state index in [4.69, 9.17) is 0 Å². The molecule has 22 heavy (non-hydrogen) atoms. The zero-order chi connectivity index (χ0) is 14.9. The highest BCUT2D eigenvalue weighted by Crippen LogP contribution is 2.38. The first kappa shape index (κ1) is 12.8. The van der Waals surface area contributed by atoms with Gasteiger partial charge in [-0.1, -0.05) is 48.5 Å². The maximum Gasteiger partial charge on any atom is 0.123 e. The van der Waals surface area contributed by atoms with Crippen molar-refractivity contribution in [1.82, 2.24) is 0 Å². The van der Waals surface area contributed by atoms with Gasteiger partial charge < -0.3 is 5.32 Å². The fourth-order valence-corrected chi connectivity index (χ4v) is 2.82. The van der Waals surface area contributed by atoms with Crippen molar-refractivity contribution < 1.29 is 4.39 Å². The van der Waals surface area contributed by atoms with Crippen LogP contribution in [0.3, 0.4) is 0 Å². The second-order valence-corrected chi connectivity index (χ2v) is 5.33. The summed E-state index contributed by atoms with van der Waals surface area (Å²) in [5, 5.41) is 3.41. The summed E-state index contributed by atoms with van der Waals surface area (Å²) in [7, 11) is 0. The van der Waals surface area contributed by atoms with Gasteiger partial charge in [0, 0.05) is 16.9 Å². The molecule has 3 aromatic rings. The molecule has 3 aromatic carbocycles. The van der Waals surface area contributed by atoms with Gasteiger partial charge >= 0.3 is 0 Å². The smallest absolute Gasteiger partial charge is 0.123 e. The van der Waals surface area contributed by atoms with Crippen molar-refractivity contribution in [3.05, 3.63) is 95.3 Å². The van der Waals surface area contributed by atoms with E-state index in [9.17, 15) is 4.39 Å². The van der Waals surface area contributed by atoms with Crippen LogP contribution in [-0.2, 0) is 0 Å². The highest BCUT2D eigenvalue weighted by Gasteiger charge is 2.16. The van der Waals surface area contributed by atoms with E-state index < -0.39 is 0 Å². The predicted molar refractivity (Wildman–Crippen MR) is 89.5 cm³/mol. The first-order chi connectivity index (χ1) is 10.8. The summed E-state index contributed by atoms with van der Waals surface area (Å²) in [6.07, 6.45) is 2.11. The molecule has 0 atom stereocenters.